The zero-order chi connectivity index (χ0) is 18.8. The number of rotatable bonds is 5. The van der Waals surface area contributed by atoms with Crippen LogP contribution in [-0.2, 0) is 17.9 Å². The van der Waals surface area contributed by atoms with E-state index in [-0.39, 0.29) is 11.8 Å². The van der Waals surface area contributed by atoms with Gasteiger partial charge >= 0.3 is 0 Å². The van der Waals surface area contributed by atoms with Crippen molar-refractivity contribution in [1.82, 2.24) is 19.8 Å². The number of likely N-dealkylation sites (tertiary alicyclic amines) is 1. The van der Waals surface area contributed by atoms with Gasteiger partial charge in [-0.15, -0.1) is 22.7 Å². The van der Waals surface area contributed by atoms with Gasteiger partial charge in [0, 0.05) is 24.9 Å². The molecular weight excluding hydrogens is 376 g/mol. The molecule has 5 nitrogen and oxygen atoms in total. The molecule has 1 amide bonds. The number of thiazole rings is 2. The Kier molecular flexibility index (Phi) is 5.52. The third-order valence-electron chi connectivity index (χ3n) is 5.08. The van der Waals surface area contributed by atoms with Gasteiger partial charge in [-0.1, -0.05) is 12.1 Å². The minimum atomic E-state index is 0.123. The van der Waals surface area contributed by atoms with E-state index in [1.54, 1.807) is 22.7 Å². The molecule has 142 valence electrons. The molecule has 1 aliphatic heterocycles. The van der Waals surface area contributed by atoms with E-state index in [4.69, 9.17) is 0 Å². The van der Waals surface area contributed by atoms with Crippen LogP contribution in [0.3, 0.4) is 0 Å². The average molecular weight is 401 g/mol. The molecule has 4 rings (SSSR count). The van der Waals surface area contributed by atoms with Crippen molar-refractivity contribution in [3.8, 4) is 0 Å². The van der Waals surface area contributed by atoms with Crippen molar-refractivity contribution in [2.45, 2.75) is 32.9 Å². The highest BCUT2D eigenvalue weighted by molar-refractivity contribution is 7.18. The summed E-state index contributed by atoms with van der Waals surface area (Å²) in [6, 6.07) is 8.13. The lowest BCUT2D eigenvalue weighted by molar-refractivity contribution is -0.136. The van der Waals surface area contributed by atoms with Gasteiger partial charge in [0.1, 0.15) is 5.01 Å². The Morgan fingerprint density at radius 1 is 1.26 bits per heavy atom. The second kappa shape index (κ2) is 8.04. The molecule has 27 heavy (non-hydrogen) atoms. The van der Waals surface area contributed by atoms with Crippen molar-refractivity contribution in [2.75, 3.05) is 20.1 Å². The first kappa shape index (κ1) is 18.5. The zero-order valence-electron chi connectivity index (χ0n) is 15.7. The number of carbonyl (C=O) groups is 1. The molecule has 0 bridgehead atoms. The number of para-hydroxylation sites is 1. The van der Waals surface area contributed by atoms with Crippen molar-refractivity contribution in [2.24, 2.45) is 5.92 Å². The lowest BCUT2D eigenvalue weighted by Crippen LogP contribution is -2.40. The molecule has 0 spiro atoms. The third kappa shape index (κ3) is 4.36. The number of aromatic nitrogens is 2. The fraction of sp³-hybridized carbons (Fsp3) is 0.450. The molecule has 0 N–H and O–H groups in total. The van der Waals surface area contributed by atoms with Crippen LogP contribution >= 0.6 is 22.7 Å². The Morgan fingerprint density at radius 3 is 2.74 bits per heavy atom. The van der Waals surface area contributed by atoms with Crippen molar-refractivity contribution in [3.63, 3.8) is 0 Å². The van der Waals surface area contributed by atoms with E-state index in [0.29, 0.717) is 6.54 Å². The monoisotopic (exact) mass is 400 g/mol. The van der Waals surface area contributed by atoms with Gasteiger partial charge in [-0.2, -0.15) is 0 Å². The number of benzene rings is 1. The Morgan fingerprint density at radius 2 is 2.04 bits per heavy atom. The van der Waals surface area contributed by atoms with Crippen LogP contribution in [0, 0.1) is 12.8 Å². The van der Waals surface area contributed by atoms with Crippen molar-refractivity contribution >= 4 is 38.8 Å². The summed E-state index contributed by atoms with van der Waals surface area (Å²) >= 11 is 3.38. The second-order valence-corrected chi connectivity index (χ2v) is 9.36. The first-order valence-corrected chi connectivity index (χ1v) is 11.0. The zero-order valence-corrected chi connectivity index (χ0v) is 17.4. The molecule has 2 aromatic heterocycles. The molecule has 7 heteroatoms. The van der Waals surface area contributed by atoms with E-state index < -0.39 is 0 Å². The smallest absolute Gasteiger partial charge is 0.225 e. The van der Waals surface area contributed by atoms with Crippen molar-refractivity contribution in [1.29, 1.82) is 0 Å². The SMILES string of the molecule is Cc1nc(CN2CCC(C(=O)N(C)Cc3nc4ccccc4s3)CC2)cs1. The fourth-order valence-corrected chi connectivity index (χ4v) is 5.25. The number of hydrogen-bond acceptors (Lipinski definition) is 6. The van der Waals surface area contributed by atoms with E-state index in [0.717, 1.165) is 53.7 Å². The van der Waals surface area contributed by atoms with Crippen molar-refractivity contribution in [3.05, 3.63) is 45.4 Å². The van der Waals surface area contributed by atoms with Gasteiger partial charge in [-0.3, -0.25) is 9.69 Å². The van der Waals surface area contributed by atoms with Crippen LogP contribution in [0.15, 0.2) is 29.6 Å². The number of hydrogen-bond donors (Lipinski definition) is 0. The van der Waals surface area contributed by atoms with Crippen LogP contribution in [0.1, 0.15) is 28.6 Å². The highest BCUT2D eigenvalue weighted by Gasteiger charge is 2.27. The van der Waals surface area contributed by atoms with Crippen LogP contribution in [-0.4, -0.2) is 45.8 Å². The molecule has 3 aromatic rings. The van der Waals surface area contributed by atoms with E-state index in [1.165, 1.54) is 4.70 Å². The summed E-state index contributed by atoms with van der Waals surface area (Å²) in [5.74, 6) is 0.371. The normalized spacial score (nSPS) is 16.1. The molecule has 3 heterocycles. The van der Waals surface area contributed by atoms with Crippen LogP contribution in [0.2, 0.25) is 0 Å². The topological polar surface area (TPSA) is 49.3 Å². The summed E-state index contributed by atoms with van der Waals surface area (Å²) in [6.07, 6.45) is 1.85. The summed E-state index contributed by atoms with van der Waals surface area (Å²) in [6.45, 7) is 5.45. The Hall–Kier alpha value is -1.83. The molecular formula is C20H24N4OS2. The largest absolute Gasteiger partial charge is 0.339 e. The highest BCUT2D eigenvalue weighted by Crippen LogP contribution is 2.25. The lowest BCUT2D eigenvalue weighted by Gasteiger charge is -2.32. The molecule has 0 unspecified atom stereocenters. The van der Waals surface area contributed by atoms with Crippen LogP contribution < -0.4 is 0 Å². The Labute approximate surface area is 167 Å². The number of nitrogens with zero attached hydrogens (tertiary/aromatic N) is 4. The van der Waals surface area contributed by atoms with Gasteiger partial charge in [0.05, 0.1) is 27.5 Å². The molecule has 0 saturated carbocycles. The average Bonchev–Trinajstić information content (AvgIpc) is 3.26. The summed E-state index contributed by atoms with van der Waals surface area (Å²) in [5.41, 5.74) is 2.17. The van der Waals surface area contributed by atoms with Gasteiger partial charge in [0.2, 0.25) is 5.91 Å². The number of aryl methyl sites for hydroxylation is 1. The molecule has 1 aliphatic rings. The lowest BCUT2D eigenvalue weighted by atomic mass is 9.95. The maximum atomic E-state index is 12.9. The first-order chi connectivity index (χ1) is 13.1. The van der Waals surface area contributed by atoms with Gasteiger partial charge < -0.3 is 4.90 Å². The van der Waals surface area contributed by atoms with Gasteiger partial charge in [-0.25, -0.2) is 9.97 Å². The van der Waals surface area contributed by atoms with Gasteiger partial charge in [-0.05, 0) is 45.0 Å². The number of fused-ring (bicyclic) bond motifs is 1. The first-order valence-electron chi connectivity index (χ1n) is 9.31. The maximum Gasteiger partial charge on any atom is 0.225 e. The van der Waals surface area contributed by atoms with Crippen molar-refractivity contribution < 1.29 is 4.79 Å². The summed E-state index contributed by atoms with van der Waals surface area (Å²) in [4.78, 5) is 26.3. The third-order valence-corrected chi connectivity index (χ3v) is 6.92. The molecule has 1 saturated heterocycles. The predicted octanol–water partition coefficient (Wildman–Crippen LogP) is 3.93. The number of amides is 1. The summed E-state index contributed by atoms with van der Waals surface area (Å²) in [5, 5.41) is 4.26. The molecule has 1 aromatic carbocycles. The number of carbonyl (C=O) groups excluding carboxylic acids is 1. The minimum absolute atomic E-state index is 0.123. The number of piperidine rings is 1. The standard InChI is InChI=1S/C20H24N4OS2/c1-14-21-16(13-26-14)11-24-9-7-15(8-10-24)20(25)23(2)12-19-22-17-5-3-4-6-18(17)27-19/h3-6,13,15H,7-12H2,1-2H3. The molecule has 0 atom stereocenters. The minimum Gasteiger partial charge on any atom is -0.339 e. The van der Waals surface area contributed by atoms with Crippen LogP contribution in [0.4, 0.5) is 0 Å². The molecule has 0 radical (unpaired) electrons. The van der Waals surface area contributed by atoms with E-state index in [1.807, 2.05) is 37.1 Å². The maximum absolute atomic E-state index is 12.9. The fourth-order valence-electron chi connectivity index (χ4n) is 3.63. The Balaban J connectivity index is 1.30. The van der Waals surface area contributed by atoms with E-state index in [2.05, 4.69) is 26.3 Å². The van der Waals surface area contributed by atoms with E-state index in [9.17, 15) is 4.79 Å². The predicted molar refractivity (Wildman–Crippen MR) is 111 cm³/mol. The summed E-state index contributed by atoms with van der Waals surface area (Å²) < 4.78 is 1.18. The van der Waals surface area contributed by atoms with Crippen LogP contribution in [0.5, 0.6) is 0 Å². The highest BCUT2D eigenvalue weighted by atomic mass is 32.1. The second-order valence-electron chi connectivity index (χ2n) is 7.18. The summed E-state index contributed by atoms with van der Waals surface area (Å²) in [7, 11) is 1.90. The Bertz CT molecular complexity index is 894. The molecule has 0 aliphatic carbocycles. The van der Waals surface area contributed by atoms with Gasteiger partial charge in [0.25, 0.3) is 0 Å². The van der Waals surface area contributed by atoms with Crippen LogP contribution in [0.25, 0.3) is 10.2 Å². The quantitative estimate of drug-likeness (QED) is 0.651. The van der Waals surface area contributed by atoms with E-state index >= 15 is 0 Å². The molecule has 1 fully saturated rings. The van der Waals surface area contributed by atoms with Gasteiger partial charge in [0.15, 0.2) is 0 Å².